The van der Waals surface area contributed by atoms with Crippen molar-refractivity contribution in [2.45, 2.75) is 32.7 Å². The van der Waals surface area contributed by atoms with Crippen molar-refractivity contribution in [2.24, 2.45) is 14.0 Å². The van der Waals surface area contributed by atoms with Gasteiger partial charge in [0.05, 0.1) is 6.30 Å². The zero-order chi connectivity index (χ0) is 22.5. The lowest BCUT2D eigenvalue weighted by Gasteiger charge is -2.08. The van der Waals surface area contributed by atoms with Crippen LogP contribution in [0.2, 0.25) is 0 Å². The normalized spacial score (nSPS) is 19.8. The molecule has 0 aromatic carbocycles. The lowest BCUT2D eigenvalue weighted by atomic mass is 10.2. The van der Waals surface area contributed by atoms with Gasteiger partial charge in [0.2, 0.25) is 0 Å². The van der Waals surface area contributed by atoms with Crippen LogP contribution >= 0.6 is 0 Å². The van der Waals surface area contributed by atoms with Crippen LogP contribution in [0.3, 0.4) is 0 Å². The first-order chi connectivity index (χ1) is 13.0. The van der Waals surface area contributed by atoms with Crippen molar-refractivity contribution in [1.29, 1.82) is 0 Å². The number of rotatable bonds is 5. The number of Topliss-reactive ketones (excluding diaryl/α,β-unsaturated/α-hetero) is 1. The van der Waals surface area contributed by atoms with Gasteiger partial charge in [-0.15, -0.1) is 0 Å². The molecule has 0 fully saturated rings. The number of hydrogen-bond acceptors (Lipinski definition) is 4. The summed E-state index contributed by atoms with van der Waals surface area (Å²) in [5, 5.41) is 0. The number of imidazole rings is 1. The average Bonchev–Trinajstić information content (AvgIpc) is 2.85. The van der Waals surface area contributed by atoms with Gasteiger partial charge in [0.1, 0.15) is 7.15 Å². The molecule has 0 amide bonds. The summed E-state index contributed by atoms with van der Waals surface area (Å²) >= 11 is 0. The summed E-state index contributed by atoms with van der Waals surface area (Å²) in [6.45, 7) is -5.58. The van der Waals surface area contributed by atoms with Gasteiger partial charge in [-0.05, 0) is 19.8 Å². The van der Waals surface area contributed by atoms with Gasteiger partial charge < -0.3 is 9.36 Å². The van der Waals surface area contributed by atoms with E-state index in [1.54, 1.807) is 0 Å². The Labute approximate surface area is 128 Å². The summed E-state index contributed by atoms with van der Waals surface area (Å²) in [4.78, 5) is 40.3. The predicted octanol–water partition coefficient (Wildman–Crippen LogP) is 0.193. The molecular formula is C13H18N4O3. The van der Waals surface area contributed by atoms with E-state index in [-0.39, 0.29) is 22.0 Å². The van der Waals surface area contributed by atoms with Crippen LogP contribution in [-0.4, -0.2) is 24.5 Å². The Kier molecular flexibility index (Phi) is 1.77. The second kappa shape index (κ2) is 5.44. The average molecular weight is 287 g/mol. The molecule has 2 heterocycles. The van der Waals surface area contributed by atoms with E-state index >= 15 is 0 Å². The molecule has 0 bridgehead atoms. The molecule has 0 atom stereocenters. The maximum absolute atomic E-state index is 12.8. The smallest absolute Gasteiger partial charge is 0.328 e. The molecule has 2 rings (SSSR count). The van der Waals surface area contributed by atoms with E-state index in [2.05, 4.69) is 4.98 Å². The number of aryl methyl sites for hydroxylation is 2. The molecule has 2 aromatic heterocycles. The lowest BCUT2D eigenvalue weighted by Crippen LogP contribution is -2.39. The van der Waals surface area contributed by atoms with Crippen LogP contribution in [0.1, 0.15) is 38.5 Å². The van der Waals surface area contributed by atoms with Crippen molar-refractivity contribution in [1.82, 2.24) is 18.7 Å². The highest BCUT2D eigenvalue weighted by molar-refractivity contribution is 5.75. The Hall–Kier alpha value is -2.18. The molecule has 7 heteroatoms. The molecule has 7 nitrogen and oxygen atoms in total. The Balaban J connectivity index is 2.76. The molecule has 20 heavy (non-hydrogen) atoms. The number of aromatic nitrogens is 4. The summed E-state index contributed by atoms with van der Waals surface area (Å²) in [5.41, 5.74) is -3.98. The maximum Gasteiger partial charge on any atom is 0.332 e. The van der Waals surface area contributed by atoms with Gasteiger partial charge >= 0.3 is 5.69 Å². The summed E-state index contributed by atoms with van der Waals surface area (Å²) in [5.74, 6) is -0.750. The first-order valence-electron chi connectivity index (χ1n) is 10.3. The number of nitrogens with zero attached hydrogens (tertiary/aromatic N) is 4. The van der Waals surface area contributed by atoms with Crippen LogP contribution in [0, 0.1) is 0 Å². The molecule has 0 spiro atoms. The fourth-order valence-electron chi connectivity index (χ4n) is 1.77. The molecule has 0 radical (unpaired) electrons. The number of ketones is 1. The van der Waals surface area contributed by atoms with E-state index in [0.29, 0.717) is 4.57 Å². The number of carbonyl (C=O) groups is 1. The van der Waals surface area contributed by atoms with Gasteiger partial charge in [-0.2, -0.15) is 0 Å². The molecule has 0 unspecified atom stereocenters. The van der Waals surface area contributed by atoms with E-state index < -0.39 is 61.4 Å². The fourth-order valence-corrected chi connectivity index (χ4v) is 1.77. The molecule has 108 valence electrons. The number of fused-ring (bicyclic) bond motifs is 1. The van der Waals surface area contributed by atoms with Gasteiger partial charge in [0.25, 0.3) is 5.56 Å². The van der Waals surface area contributed by atoms with Crippen molar-refractivity contribution >= 4 is 16.9 Å². The van der Waals surface area contributed by atoms with Gasteiger partial charge in [-0.25, -0.2) is 9.78 Å². The second-order valence-corrected chi connectivity index (χ2v) is 4.13. The van der Waals surface area contributed by atoms with Crippen LogP contribution < -0.4 is 11.2 Å². The van der Waals surface area contributed by atoms with E-state index in [9.17, 15) is 14.4 Å². The first-order valence-corrected chi connectivity index (χ1v) is 5.77. The Morgan fingerprint density at radius 2 is 2.25 bits per heavy atom. The van der Waals surface area contributed by atoms with E-state index in [1.807, 2.05) is 0 Å². The Morgan fingerprint density at radius 1 is 1.45 bits per heavy atom. The number of hydrogen-bond donors (Lipinski definition) is 0. The third-order valence-electron chi connectivity index (χ3n) is 2.71. The highest BCUT2D eigenvalue weighted by Crippen LogP contribution is 2.04. The van der Waals surface area contributed by atoms with Gasteiger partial charge in [0.15, 0.2) is 11.2 Å². The molecule has 0 saturated carbocycles. The van der Waals surface area contributed by atoms with E-state index in [0.717, 1.165) is 6.92 Å². The SMILES string of the molecule is [2H]c1nc2c(c(=O)n(CCCC([2H])([2H])C(C)=O)c(=O)n2C([2H])([2H])[2H])n1C([2H])([2H])[2H]. The van der Waals surface area contributed by atoms with Gasteiger partial charge in [-0.1, -0.05) is 0 Å². The molecule has 0 saturated heterocycles. The number of carbonyl (C=O) groups excluding carboxylic acids is 1. The third-order valence-corrected chi connectivity index (χ3v) is 2.71. The van der Waals surface area contributed by atoms with E-state index in [4.69, 9.17) is 12.3 Å². The molecule has 0 aliphatic rings. The minimum Gasteiger partial charge on any atom is -0.328 e. The van der Waals surface area contributed by atoms with Crippen LogP contribution in [0.15, 0.2) is 15.9 Å². The van der Waals surface area contributed by atoms with Crippen molar-refractivity contribution in [3.05, 3.63) is 27.1 Å². The largest absolute Gasteiger partial charge is 0.332 e. The quantitative estimate of drug-likeness (QED) is 0.786. The summed E-state index contributed by atoms with van der Waals surface area (Å²) in [6.07, 6.45) is -3.64. The van der Waals surface area contributed by atoms with Crippen molar-refractivity contribution in [2.75, 3.05) is 0 Å². The second-order valence-electron chi connectivity index (χ2n) is 4.13. The molecule has 0 aliphatic heterocycles. The summed E-state index contributed by atoms with van der Waals surface area (Å²) in [6, 6.07) is 0. The molecule has 0 aliphatic carbocycles. The Morgan fingerprint density at radius 3 is 2.90 bits per heavy atom. The van der Waals surface area contributed by atoms with Crippen LogP contribution in [0.5, 0.6) is 0 Å². The Bertz CT molecular complexity index is 1070. The van der Waals surface area contributed by atoms with E-state index in [1.165, 1.54) is 0 Å². The van der Waals surface area contributed by atoms with Crippen LogP contribution in [0.25, 0.3) is 11.2 Å². The summed E-state index contributed by atoms with van der Waals surface area (Å²) in [7, 11) is 0. The van der Waals surface area contributed by atoms with Gasteiger partial charge in [0, 0.05) is 37.8 Å². The zero-order valence-electron chi connectivity index (χ0n) is 19.6. The van der Waals surface area contributed by atoms with Crippen LogP contribution in [-0.2, 0) is 25.3 Å². The van der Waals surface area contributed by atoms with Crippen LogP contribution in [0.4, 0.5) is 0 Å². The lowest BCUT2D eigenvalue weighted by molar-refractivity contribution is -0.117. The highest BCUT2D eigenvalue weighted by atomic mass is 16.2. The standard InChI is InChI=1S/C13H18N4O3/c1-9(18)6-4-5-7-17-12(19)10-11(14-8-15(10)2)16(3)13(17)20/h8H,4-7H2,1-3H3/i2D3,3D3,6D2,8D. The summed E-state index contributed by atoms with van der Waals surface area (Å²) < 4.78 is 68.9. The first kappa shape index (κ1) is 6.51. The fraction of sp³-hybridized carbons (Fsp3) is 0.538. The highest BCUT2D eigenvalue weighted by Gasteiger charge is 2.14. The minimum absolute atomic E-state index is 0.156. The maximum atomic E-state index is 12.8. The third kappa shape index (κ3) is 2.43. The van der Waals surface area contributed by atoms with Crippen molar-refractivity contribution in [3.63, 3.8) is 0 Å². The molecule has 0 N–H and O–H groups in total. The predicted molar refractivity (Wildman–Crippen MR) is 74.7 cm³/mol. The zero-order valence-corrected chi connectivity index (χ0v) is 10.6. The monoisotopic (exact) mass is 287 g/mol. The van der Waals surface area contributed by atoms with Crippen molar-refractivity contribution < 1.29 is 17.1 Å². The topological polar surface area (TPSA) is 78.9 Å². The van der Waals surface area contributed by atoms with Crippen molar-refractivity contribution in [3.8, 4) is 0 Å². The molecular weight excluding hydrogens is 260 g/mol. The van der Waals surface area contributed by atoms with Gasteiger partial charge in [-0.3, -0.25) is 13.9 Å². The minimum atomic E-state index is -3.13. The molecule has 2 aromatic rings.